The molecule has 0 unspecified atom stereocenters. The smallest absolute Gasteiger partial charge is 0.337 e. The molecule has 0 bridgehead atoms. The van der Waals surface area contributed by atoms with Gasteiger partial charge in [0.25, 0.3) is 0 Å². The Balaban J connectivity index is 2.08. The van der Waals surface area contributed by atoms with E-state index in [1.165, 1.54) is 13.2 Å². The number of carboxylic acids is 1. The first-order valence-electron chi connectivity index (χ1n) is 7.34. The number of carbonyl (C=O) groups is 2. The fourth-order valence-corrected chi connectivity index (χ4v) is 2.19. The van der Waals surface area contributed by atoms with Crippen molar-refractivity contribution in [2.24, 2.45) is 0 Å². The maximum atomic E-state index is 11.4. The number of carboxylic acid groups (broad SMARTS) is 1. The molecule has 2 rings (SSSR count). The summed E-state index contributed by atoms with van der Waals surface area (Å²) in [5, 5.41) is 18.7. The number of rotatable bonds is 7. The number of aromatic hydroxyl groups is 1. The van der Waals surface area contributed by atoms with Crippen LogP contribution in [-0.2, 0) is 22.6 Å². The van der Waals surface area contributed by atoms with E-state index in [0.717, 1.165) is 5.56 Å². The average Bonchev–Trinajstić information content (AvgIpc) is 2.58. The van der Waals surface area contributed by atoms with Crippen molar-refractivity contribution in [1.29, 1.82) is 0 Å². The van der Waals surface area contributed by atoms with Crippen LogP contribution < -0.4 is 4.74 Å². The lowest BCUT2D eigenvalue weighted by atomic mass is 10.1. The van der Waals surface area contributed by atoms with Crippen molar-refractivity contribution in [3.8, 4) is 11.5 Å². The summed E-state index contributed by atoms with van der Waals surface area (Å²) >= 11 is 0. The summed E-state index contributed by atoms with van der Waals surface area (Å²) in [4.78, 5) is 22.1. The molecule has 2 N–H and O–H groups in total. The van der Waals surface area contributed by atoms with Gasteiger partial charge in [-0.3, -0.25) is 4.79 Å². The number of phenols is 1. The Labute approximate surface area is 139 Å². The van der Waals surface area contributed by atoms with E-state index in [2.05, 4.69) is 4.74 Å². The quantitative estimate of drug-likeness (QED) is 0.758. The van der Waals surface area contributed by atoms with Gasteiger partial charge in [0, 0.05) is 6.42 Å². The third kappa shape index (κ3) is 4.49. The molecule has 0 saturated heterocycles. The molecule has 0 aromatic heterocycles. The van der Waals surface area contributed by atoms with Gasteiger partial charge in [0.2, 0.25) is 0 Å². The molecule has 6 nitrogen and oxygen atoms in total. The summed E-state index contributed by atoms with van der Waals surface area (Å²) in [6.07, 6.45) is 0.216. The molecule has 0 fully saturated rings. The standard InChI is InChI=1S/C18H18O6/c1-23-18(22)14-7-5-12(6-8-14)11-24-17-13(9-10-16(20)21)3-2-4-15(17)19/h2-8,19H,9-11H2,1H3,(H,20,21). The zero-order valence-electron chi connectivity index (χ0n) is 13.2. The number of aliphatic carboxylic acids is 1. The van der Waals surface area contributed by atoms with E-state index in [9.17, 15) is 14.7 Å². The van der Waals surface area contributed by atoms with Crippen LogP contribution in [0.2, 0.25) is 0 Å². The zero-order valence-corrected chi connectivity index (χ0v) is 13.2. The first-order chi connectivity index (χ1) is 11.5. The Hall–Kier alpha value is -3.02. The van der Waals surface area contributed by atoms with Crippen molar-refractivity contribution in [1.82, 2.24) is 0 Å². The molecule has 0 radical (unpaired) electrons. The number of phenolic OH excluding ortho intramolecular Hbond substituents is 1. The molecule has 2 aromatic rings. The fourth-order valence-electron chi connectivity index (χ4n) is 2.19. The van der Waals surface area contributed by atoms with E-state index in [0.29, 0.717) is 11.1 Å². The van der Waals surface area contributed by atoms with Gasteiger partial charge in [-0.05, 0) is 35.7 Å². The molecule has 24 heavy (non-hydrogen) atoms. The second-order valence-electron chi connectivity index (χ2n) is 5.14. The lowest BCUT2D eigenvalue weighted by Gasteiger charge is -2.13. The number of carbonyl (C=O) groups excluding carboxylic acids is 1. The molecular formula is C18H18O6. The Morgan fingerprint density at radius 3 is 2.42 bits per heavy atom. The van der Waals surface area contributed by atoms with Gasteiger partial charge in [0.05, 0.1) is 12.7 Å². The summed E-state index contributed by atoms with van der Waals surface area (Å²) in [6.45, 7) is 0.180. The van der Waals surface area contributed by atoms with Crippen LogP contribution in [0.15, 0.2) is 42.5 Å². The third-order valence-electron chi connectivity index (χ3n) is 3.44. The van der Waals surface area contributed by atoms with Crippen LogP contribution in [0.25, 0.3) is 0 Å². The van der Waals surface area contributed by atoms with Crippen molar-refractivity contribution in [3.63, 3.8) is 0 Å². The second-order valence-corrected chi connectivity index (χ2v) is 5.14. The molecule has 0 aliphatic rings. The largest absolute Gasteiger partial charge is 0.504 e. The monoisotopic (exact) mass is 330 g/mol. The van der Waals surface area contributed by atoms with Crippen molar-refractivity contribution in [2.75, 3.05) is 7.11 Å². The van der Waals surface area contributed by atoms with Crippen LogP contribution in [0.3, 0.4) is 0 Å². The van der Waals surface area contributed by atoms with Gasteiger partial charge >= 0.3 is 11.9 Å². The summed E-state index contributed by atoms with van der Waals surface area (Å²) in [6, 6.07) is 11.6. The van der Waals surface area contributed by atoms with Crippen molar-refractivity contribution < 1.29 is 29.3 Å². The predicted octanol–water partition coefficient (Wildman–Crippen LogP) is 2.78. The number of hydrogen-bond acceptors (Lipinski definition) is 5. The SMILES string of the molecule is COC(=O)c1ccc(COc2c(O)cccc2CCC(=O)O)cc1. The van der Waals surface area contributed by atoms with Crippen LogP contribution in [0.5, 0.6) is 11.5 Å². The lowest BCUT2D eigenvalue weighted by molar-refractivity contribution is -0.136. The Bertz CT molecular complexity index is 721. The highest BCUT2D eigenvalue weighted by Gasteiger charge is 2.11. The van der Waals surface area contributed by atoms with Crippen LogP contribution in [0, 0.1) is 0 Å². The summed E-state index contributed by atoms with van der Waals surface area (Å²) < 4.78 is 10.3. The molecule has 0 atom stereocenters. The van der Waals surface area contributed by atoms with Gasteiger partial charge in [0.15, 0.2) is 11.5 Å². The molecule has 0 saturated carbocycles. The molecule has 6 heteroatoms. The summed E-state index contributed by atoms with van der Waals surface area (Å²) in [5.41, 5.74) is 1.87. The van der Waals surface area contributed by atoms with Crippen molar-refractivity contribution in [3.05, 3.63) is 59.2 Å². The molecule has 0 aliphatic heterocycles. The van der Waals surface area contributed by atoms with Crippen molar-refractivity contribution in [2.45, 2.75) is 19.4 Å². The fraction of sp³-hybridized carbons (Fsp3) is 0.222. The van der Waals surface area contributed by atoms with Gasteiger partial charge in [-0.25, -0.2) is 4.79 Å². The van der Waals surface area contributed by atoms with E-state index >= 15 is 0 Å². The molecule has 0 spiro atoms. The van der Waals surface area contributed by atoms with Crippen LogP contribution in [0.1, 0.15) is 27.9 Å². The minimum atomic E-state index is -0.914. The van der Waals surface area contributed by atoms with Gasteiger partial charge in [-0.15, -0.1) is 0 Å². The number of benzene rings is 2. The van der Waals surface area contributed by atoms with Gasteiger partial charge < -0.3 is 19.7 Å². The van der Waals surface area contributed by atoms with E-state index in [1.54, 1.807) is 36.4 Å². The number of aryl methyl sites for hydroxylation is 1. The van der Waals surface area contributed by atoms with Gasteiger partial charge in [-0.1, -0.05) is 24.3 Å². The first kappa shape index (κ1) is 17.3. The number of esters is 1. The summed E-state index contributed by atoms with van der Waals surface area (Å²) in [7, 11) is 1.32. The van der Waals surface area contributed by atoms with E-state index in [-0.39, 0.29) is 30.9 Å². The first-order valence-corrected chi connectivity index (χ1v) is 7.34. The van der Waals surface area contributed by atoms with E-state index < -0.39 is 11.9 Å². The highest BCUT2D eigenvalue weighted by Crippen LogP contribution is 2.31. The van der Waals surface area contributed by atoms with E-state index in [1.807, 2.05) is 0 Å². The maximum absolute atomic E-state index is 11.4. The molecule has 126 valence electrons. The number of hydrogen-bond donors (Lipinski definition) is 2. The maximum Gasteiger partial charge on any atom is 0.337 e. The normalized spacial score (nSPS) is 10.2. The minimum absolute atomic E-state index is 0.0379. The van der Waals surface area contributed by atoms with Gasteiger partial charge in [-0.2, -0.15) is 0 Å². The number of para-hydroxylation sites is 1. The van der Waals surface area contributed by atoms with Gasteiger partial charge in [0.1, 0.15) is 6.61 Å². The van der Waals surface area contributed by atoms with E-state index in [4.69, 9.17) is 9.84 Å². The lowest BCUT2D eigenvalue weighted by Crippen LogP contribution is -2.03. The van der Waals surface area contributed by atoms with Crippen LogP contribution >= 0.6 is 0 Å². The number of methoxy groups -OCH3 is 1. The second kappa shape index (κ2) is 8.01. The third-order valence-corrected chi connectivity index (χ3v) is 3.44. The Kier molecular flexibility index (Phi) is 5.78. The summed E-state index contributed by atoms with van der Waals surface area (Å²) in [5.74, 6) is -1.10. The van der Waals surface area contributed by atoms with Crippen LogP contribution in [-0.4, -0.2) is 29.3 Å². The Morgan fingerprint density at radius 2 is 1.79 bits per heavy atom. The van der Waals surface area contributed by atoms with Crippen LogP contribution in [0.4, 0.5) is 0 Å². The topological polar surface area (TPSA) is 93.1 Å². The Morgan fingerprint density at radius 1 is 1.08 bits per heavy atom. The predicted molar refractivity (Wildman–Crippen MR) is 86.2 cm³/mol. The molecular weight excluding hydrogens is 312 g/mol. The highest BCUT2D eigenvalue weighted by molar-refractivity contribution is 5.89. The average molecular weight is 330 g/mol. The van der Waals surface area contributed by atoms with Crippen molar-refractivity contribution >= 4 is 11.9 Å². The molecule has 0 aliphatic carbocycles. The molecule has 0 heterocycles. The zero-order chi connectivity index (χ0) is 17.5. The molecule has 2 aromatic carbocycles. The molecule has 0 amide bonds. The number of ether oxygens (including phenoxy) is 2. The minimum Gasteiger partial charge on any atom is -0.504 e. The highest BCUT2D eigenvalue weighted by atomic mass is 16.5.